The zero-order valence-corrected chi connectivity index (χ0v) is 25.1. The van der Waals surface area contributed by atoms with Gasteiger partial charge in [0.05, 0.1) is 40.4 Å². The summed E-state index contributed by atoms with van der Waals surface area (Å²) in [6, 6.07) is 20.1. The molecule has 3 aromatic carbocycles. The Hall–Kier alpha value is -4.20. The molecule has 41 heavy (non-hydrogen) atoms. The van der Waals surface area contributed by atoms with E-state index in [0.29, 0.717) is 33.9 Å². The van der Waals surface area contributed by atoms with Gasteiger partial charge in [-0.1, -0.05) is 18.2 Å². The van der Waals surface area contributed by atoms with Crippen LogP contribution in [0, 0.1) is 0 Å². The maximum Gasteiger partial charge on any atom is 0.263 e. The molecule has 10 nitrogen and oxygen atoms in total. The van der Waals surface area contributed by atoms with Crippen molar-refractivity contribution in [2.45, 2.75) is 11.3 Å². The molecule has 0 radical (unpaired) electrons. The minimum atomic E-state index is -4.14. The molecule has 0 saturated heterocycles. The molecular formula is C28H24BrN5O5S2. The molecule has 0 unspecified atom stereocenters. The molecular weight excluding hydrogens is 630 g/mol. The minimum absolute atomic E-state index is 0.0118. The number of carbonyl (C=O) groups is 1. The second-order valence-electron chi connectivity index (χ2n) is 8.71. The SMILES string of the molecule is COc1cc(Nc2nc3ccccc3nc2NS(=O)(=O)c2cccc(NC(=O)Cc3ccsc3Br)c2)cc(OC)c1. The van der Waals surface area contributed by atoms with E-state index in [-0.39, 0.29) is 28.9 Å². The Balaban J connectivity index is 1.44. The number of fused-ring (bicyclic) bond motifs is 1. The van der Waals surface area contributed by atoms with Gasteiger partial charge in [-0.2, -0.15) is 0 Å². The second kappa shape index (κ2) is 12.1. The largest absolute Gasteiger partial charge is 0.497 e. The summed E-state index contributed by atoms with van der Waals surface area (Å²) in [7, 11) is -1.07. The highest BCUT2D eigenvalue weighted by Gasteiger charge is 2.20. The van der Waals surface area contributed by atoms with Gasteiger partial charge in [0.2, 0.25) is 5.91 Å². The van der Waals surface area contributed by atoms with Crippen molar-refractivity contribution in [3.8, 4) is 11.5 Å². The fraction of sp³-hybridized carbons (Fsp3) is 0.107. The number of rotatable bonds is 10. The van der Waals surface area contributed by atoms with Crippen molar-refractivity contribution in [2.75, 3.05) is 29.6 Å². The van der Waals surface area contributed by atoms with E-state index >= 15 is 0 Å². The molecule has 2 aromatic heterocycles. The number of methoxy groups -OCH3 is 2. The number of hydrogen-bond acceptors (Lipinski definition) is 9. The summed E-state index contributed by atoms with van der Waals surface area (Å²) in [5, 5.41) is 7.78. The van der Waals surface area contributed by atoms with Gasteiger partial charge in [-0.15, -0.1) is 11.3 Å². The van der Waals surface area contributed by atoms with Crippen LogP contribution in [0.15, 0.2) is 86.9 Å². The van der Waals surface area contributed by atoms with Crippen LogP contribution in [0.5, 0.6) is 11.5 Å². The van der Waals surface area contributed by atoms with Crippen LogP contribution in [-0.4, -0.2) is 38.5 Å². The third kappa shape index (κ3) is 6.76. The average molecular weight is 655 g/mol. The normalized spacial score (nSPS) is 11.2. The predicted octanol–water partition coefficient (Wildman–Crippen LogP) is 6.20. The highest BCUT2D eigenvalue weighted by Crippen LogP contribution is 2.32. The maximum atomic E-state index is 13.5. The number of nitrogens with zero attached hydrogens (tertiary/aromatic N) is 2. The van der Waals surface area contributed by atoms with Gasteiger partial charge in [0, 0.05) is 29.6 Å². The molecule has 13 heteroatoms. The van der Waals surface area contributed by atoms with Gasteiger partial charge in [0.25, 0.3) is 10.0 Å². The quantitative estimate of drug-likeness (QED) is 0.162. The Morgan fingerprint density at radius 1 is 0.878 bits per heavy atom. The van der Waals surface area contributed by atoms with Crippen molar-refractivity contribution in [3.63, 3.8) is 0 Å². The first-order valence-corrected chi connectivity index (χ1v) is 15.3. The summed E-state index contributed by atoms with van der Waals surface area (Å²) in [6.07, 6.45) is 0.149. The molecule has 2 heterocycles. The molecule has 5 aromatic rings. The van der Waals surface area contributed by atoms with Crippen LogP contribution in [0.2, 0.25) is 0 Å². The number of halogens is 1. The van der Waals surface area contributed by atoms with E-state index in [0.717, 1.165) is 9.35 Å². The number of hydrogen-bond donors (Lipinski definition) is 3. The number of thiophene rings is 1. The van der Waals surface area contributed by atoms with Crippen LogP contribution in [0.3, 0.4) is 0 Å². The van der Waals surface area contributed by atoms with E-state index in [1.807, 2.05) is 17.5 Å². The number of amides is 1. The number of carbonyl (C=O) groups excluding carboxylic acids is 1. The van der Waals surface area contributed by atoms with Crippen molar-refractivity contribution in [3.05, 3.63) is 87.5 Å². The molecule has 1 amide bonds. The van der Waals surface area contributed by atoms with Crippen LogP contribution in [0.1, 0.15) is 5.56 Å². The molecule has 5 rings (SSSR count). The summed E-state index contributed by atoms with van der Waals surface area (Å²) in [4.78, 5) is 21.7. The molecule has 0 aliphatic rings. The minimum Gasteiger partial charge on any atom is -0.497 e. The van der Waals surface area contributed by atoms with Crippen molar-refractivity contribution in [1.82, 2.24) is 9.97 Å². The van der Waals surface area contributed by atoms with E-state index in [2.05, 4.69) is 41.3 Å². The fourth-order valence-corrected chi connectivity index (χ4v) is 6.22. The number of benzene rings is 3. The average Bonchev–Trinajstić information content (AvgIpc) is 3.36. The Bertz CT molecular complexity index is 1820. The van der Waals surface area contributed by atoms with Gasteiger partial charge >= 0.3 is 0 Å². The number of anilines is 4. The number of aromatic nitrogens is 2. The van der Waals surface area contributed by atoms with Crippen LogP contribution < -0.4 is 24.8 Å². The first-order valence-electron chi connectivity index (χ1n) is 12.2. The molecule has 0 spiro atoms. The smallest absolute Gasteiger partial charge is 0.263 e. The number of nitrogens with one attached hydrogen (secondary N) is 3. The fourth-order valence-electron chi connectivity index (χ4n) is 3.93. The summed E-state index contributed by atoms with van der Waals surface area (Å²) in [5.74, 6) is 0.962. The molecule has 0 atom stereocenters. The number of para-hydroxylation sites is 2. The topological polar surface area (TPSA) is 132 Å². The van der Waals surface area contributed by atoms with E-state index in [4.69, 9.17) is 9.47 Å². The zero-order valence-electron chi connectivity index (χ0n) is 21.8. The van der Waals surface area contributed by atoms with Gasteiger partial charge in [-0.3, -0.25) is 9.52 Å². The van der Waals surface area contributed by atoms with Crippen molar-refractivity contribution >= 4 is 77.2 Å². The van der Waals surface area contributed by atoms with Crippen LogP contribution in [-0.2, 0) is 21.2 Å². The van der Waals surface area contributed by atoms with Gasteiger partial charge in [0.1, 0.15) is 11.5 Å². The maximum absolute atomic E-state index is 13.5. The van der Waals surface area contributed by atoms with Gasteiger partial charge in [0.15, 0.2) is 11.6 Å². The number of ether oxygens (including phenoxy) is 2. The third-order valence-electron chi connectivity index (χ3n) is 5.89. The van der Waals surface area contributed by atoms with Crippen molar-refractivity contribution < 1.29 is 22.7 Å². The summed E-state index contributed by atoms with van der Waals surface area (Å²) >= 11 is 4.91. The molecule has 0 aliphatic heterocycles. The molecule has 0 fully saturated rings. The van der Waals surface area contributed by atoms with E-state index < -0.39 is 10.0 Å². The van der Waals surface area contributed by atoms with Crippen LogP contribution >= 0.6 is 27.3 Å². The Labute approximate surface area is 248 Å². The summed E-state index contributed by atoms with van der Waals surface area (Å²) in [5.41, 5.74) is 2.81. The molecule has 210 valence electrons. The molecule has 3 N–H and O–H groups in total. The van der Waals surface area contributed by atoms with Gasteiger partial charge in [-0.25, -0.2) is 18.4 Å². The zero-order chi connectivity index (χ0) is 29.0. The Kier molecular flexibility index (Phi) is 8.38. The van der Waals surface area contributed by atoms with E-state index in [9.17, 15) is 13.2 Å². The van der Waals surface area contributed by atoms with Crippen molar-refractivity contribution in [1.29, 1.82) is 0 Å². The second-order valence-corrected chi connectivity index (χ2v) is 12.6. The first kappa shape index (κ1) is 28.3. The monoisotopic (exact) mass is 653 g/mol. The third-order valence-corrected chi connectivity index (χ3v) is 9.04. The predicted molar refractivity (Wildman–Crippen MR) is 164 cm³/mol. The summed E-state index contributed by atoms with van der Waals surface area (Å²) in [6.45, 7) is 0. The Morgan fingerprint density at radius 2 is 1.56 bits per heavy atom. The van der Waals surface area contributed by atoms with Gasteiger partial charge in [-0.05, 0) is 63.3 Å². The van der Waals surface area contributed by atoms with E-state index in [1.165, 1.54) is 37.7 Å². The molecule has 0 saturated carbocycles. The summed E-state index contributed by atoms with van der Waals surface area (Å²) < 4.78 is 41.2. The lowest BCUT2D eigenvalue weighted by atomic mass is 10.2. The standard InChI is InChI=1S/C28H24BrN5O5S2/c1-38-20-13-19(14-21(16-20)39-2)31-27-28(33-24-9-4-3-8-23(24)32-27)34-41(36,37)22-7-5-6-18(15-22)30-25(35)12-17-10-11-40-26(17)29/h3-11,13-16H,12H2,1-2H3,(H,30,35)(H,31,32)(H,33,34). The van der Waals surface area contributed by atoms with E-state index in [1.54, 1.807) is 48.5 Å². The molecule has 0 bridgehead atoms. The van der Waals surface area contributed by atoms with Crippen molar-refractivity contribution in [2.24, 2.45) is 0 Å². The lowest BCUT2D eigenvalue weighted by molar-refractivity contribution is -0.115. The van der Waals surface area contributed by atoms with Gasteiger partial charge < -0.3 is 20.1 Å². The lowest BCUT2D eigenvalue weighted by Crippen LogP contribution is -2.17. The Morgan fingerprint density at radius 3 is 2.20 bits per heavy atom. The van der Waals surface area contributed by atoms with Crippen LogP contribution in [0.4, 0.5) is 23.0 Å². The highest BCUT2D eigenvalue weighted by atomic mass is 79.9. The lowest BCUT2D eigenvalue weighted by Gasteiger charge is -2.15. The van der Waals surface area contributed by atoms with Crippen LogP contribution in [0.25, 0.3) is 11.0 Å². The highest BCUT2D eigenvalue weighted by molar-refractivity contribution is 9.11. The molecule has 0 aliphatic carbocycles. The first-order chi connectivity index (χ1) is 19.7. The number of sulfonamides is 1.